The van der Waals surface area contributed by atoms with Gasteiger partial charge in [0.1, 0.15) is 16.5 Å². The van der Waals surface area contributed by atoms with E-state index < -0.39 is 16.0 Å². The molecule has 33 heavy (non-hydrogen) atoms. The molecule has 0 bridgehead atoms. The number of carbonyl (C=O) groups excluding carboxylic acids is 1. The lowest BCUT2D eigenvalue weighted by molar-refractivity contribution is -0.112. The van der Waals surface area contributed by atoms with Gasteiger partial charge in [0.25, 0.3) is 5.91 Å². The molecular weight excluding hydrogens is 528 g/mol. The minimum Gasteiger partial charge on any atom is -0.378 e. The summed E-state index contributed by atoms with van der Waals surface area (Å²) in [6.07, 6.45) is 1.39. The fraction of sp³-hybridized carbons (Fsp3) is 0.0833. The Kier molecular flexibility index (Phi) is 7.59. The third kappa shape index (κ3) is 6.02. The number of benzene rings is 3. The van der Waals surface area contributed by atoms with Gasteiger partial charge in [0, 0.05) is 10.7 Å². The van der Waals surface area contributed by atoms with Crippen molar-refractivity contribution < 1.29 is 17.4 Å². The Labute approximate surface area is 205 Å². The molecule has 0 saturated heterocycles. The molecule has 0 heterocycles. The van der Waals surface area contributed by atoms with Crippen LogP contribution in [0.2, 0.25) is 5.02 Å². The van der Waals surface area contributed by atoms with Gasteiger partial charge in [-0.3, -0.25) is 4.79 Å². The molecular formula is C24H18BrClN2O4S. The van der Waals surface area contributed by atoms with Crippen LogP contribution in [0.15, 0.2) is 75.6 Å². The molecule has 1 N–H and O–H groups in total. The van der Waals surface area contributed by atoms with Crippen LogP contribution >= 0.6 is 27.5 Å². The molecule has 0 aliphatic heterocycles. The lowest BCUT2D eigenvalue weighted by Gasteiger charge is -2.10. The van der Waals surface area contributed by atoms with Crippen molar-refractivity contribution in [1.29, 1.82) is 5.26 Å². The van der Waals surface area contributed by atoms with Crippen molar-refractivity contribution >= 4 is 55.3 Å². The van der Waals surface area contributed by atoms with Gasteiger partial charge >= 0.3 is 10.1 Å². The molecule has 0 radical (unpaired) electrons. The highest BCUT2D eigenvalue weighted by molar-refractivity contribution is 9.10. The maximum Gasteiger partial charge on any atom is 0.339 e. The van der Waals surface area contributed by atoms with Crippen LogP contribution in [0.4, 0.5) is 5.69 Å². The van der Waals surface area contributed by atoms with Gasteiger partial charge in [0.15, 0.2) is 5.75 Å². The maximum absolute atomic E-state index is 12.6. The van der Waals surface area contributed by atoms with Crippen LogP contribution in [0.25, 0.3) is 6.08 Å². The summed E-state index contributed by atoms with van der Waals surface area (Å²) in [4.78, 5) is 12.6. The third-order valence-electron chi connectivity index (χ3n) is 4.66. The van der Waals surface area contributed by atoms with Gasteiger partial charge in [0.05, 0.1) is 4.47 Å². The number of nitrogens with one attached hydrogen (secondary N) is 1. The first-order valence-corrected chi connectivity index (χ1v) is 12.2. The van der Waals surface area contributed by atoms with Gasteiger partial charge in [0.2, 0.25) is 0 Å². The maximum atomic E-state index is 12.6. The summed E-state index contributed by atoms with van der Waals surface area (Å²) in [6.45, 7) is 3.61. The Morgan fingerprint density at radius 2 is 1.82 bits per heavy atom. The van der Waals surface area contributed by atoms with Gasteiger partial charge in [-0.1, -0.05) is 41.4 Å². The van der Waals surface area contributed by atoms with Gasteiger partial charge in [-0.2, -0.15) is 13.7 Å². The van der Waals surface area contributed by atoms with Gasteiger partial charge in [-0.25, -0.2) is 0 Å². The molecule has 1 amide bonds. The molecule has 3 rings (SSSR count). The Bertz CT molecular complexity index is 1390. The minimum atomic E-state index is -4.02. The van der Waals surface area contributed by atoms with Crippen molar-refractivity contribution in [2.75, 3.05) is 5.32 Å². The van der Waals surface area contributed by atoms with E-state index >= 15 is 0 Å². The third-order valence-corrected chi connectivity index (χ3v) is 6.93. The number of nitrogens with zero attached hydrogens (tertiary/aromatic N) is 1. The number of anilines is 1. The second kappa shape index (κ2) is 10.2. The van der Waals surface area contributed by atoms with Crippen LogP contribution in [0.1, 0.15) is 16.7 Å². The first kappa shape index (κ1) is 24.5. The Balaban J connectivity index is 1.81. The molecule has 9 heteroatoms. The number of rotatable bonds is 6. The molecule has 0 unspecified atom stereocenters. The van der Waals surface area contributed by atoms with Crippen LogP contribution < -0.4 is 9.50 Å². The summed E-state index contributed by atoms with van der Waals surface area (Å²) in [6, 6.07) is 17.8. The van der Waals surface area contributed by atoms with Crippen molar-refractivity contribution in [3.8, 4) is 11.8 Å². The first-order valence-electron chi connectivity index (χ1n) is 9.59. The fourth-order valence-electron chi connectivity index (χ4n) is 2.79. The molecule has 168 valence electrons. The van der Waals surface area contributed by atoms with E-state index in [0.29, 0.717) is 26.3 Å². The zero-order valence-electron chi connectivity index (χ0n) is 17.6. The number of halogens is 2. The summed E-state index contributed by atoms with van der Waals surface area (Å²) in [5.74, 6) is -0.522. The van der Waals surface area contributed by atoms with Crippen LogP contribution in [-0.2, 0) is 14.9 Å². The minimum absolute atomic E-state index is 0.0312. The van der Waals surface area contributed by atoms with E-state index in [2.05, 4.69) is 21.2 Å². The highest BCUT2D eigenvalue weighted by atomic mass is 79.9. The molecule has 0 aliphatic rings. The molecule has 0 spiro atoms. The molecule has 0 atom stereocenters. The number of carbonyl (C=O) groups is 1. The average Bonchev–Trinajstić information content (AvgIpc) is 2.77. The Morgan fingerprint density at radius 1 is 1.12 bits per heavy atom. The summed E-state index contributed by atoms with van der Waals surface area (Å²) in [5, 5.41) is 12.6. The number of amides is 1. The van der Waals surface area contributed by atoms with Gasteiger partial charge in [-0.15, -0.1) is 0 Å². The predicted octanol–water partition coefficient (Wildman–Crippen LogP) is 6.03. The van der Waals surface area contributed by atoms with Crippen molar-refractivity contribution in [3.05, 3.63) is 92.4 Å². The van der Waals surface area contributed by atoms with Crippen molar-refractivity contribution in [1.82, 2.24) is 0 Å². The first-order chi connectivity index (χ1) is 15.6. The van der Waals surface area contributed by atoms with E-state index in [4.69, 9.17) is 15.8 Å². The number of hydrogen-bond acceptors (Lipinski definition) is 5. The summed E-state index contributed by atoms with van der Waals surface area (Å²) < 4.78 is 30.6. The van der Waals surface area contributed by atoms with Crippen LogP contribution in [-0.4, -0.2) is 14.3 Å². The molecule has 0 fully saturated rings. The van der Waals surface area contributed by atoms with E-state index in [-0.39, 0.29) is 16.2 Å². The van der Waals surface area contributed by atoms with E-state index in [1.807, 2.05) is 13.0 Å². The number of nitriles is 1. The molecule has 3 aromatic rings. The second-order valence-corrected chi connectivity index (χ2v) is 9.88. The largest absolute Gasteiger partial charge is 0.378 e. The predicted molar refractivity (Wildman–Crippen MR) is 132 cm³/mol. The van der Waals surface area contributed by atoms with Crippen molar-refractivity contribution in [3.63, 3.8) is 0 Å². The SMILES string of the molecule is Cc1ccc(S(=O)(=O)Oc2ccc(/C=C(\C#N)C(=O)Nc3cccc(Cl)c3C)cc2Br)cc1. The topological polar surface area (TPSA) is 96.3 Å². The van der Waals surface area contributed by atoms with Crippen LogP contribution in [0, 0.1) is 25.2 Å². The normalized spacial score (nSPS) is 11.5. The average molecular weight is 546 g/mol. The fourth-order valence-corrected chi connectivity index (χ4v) is 4.50. The molecule has 0 saturated carbocycles. The van der Waals surface area contributed by atoms with E-state index in [0.717, 1.165) is 5.56 Å². The summed E-state index contributed by atoms with van der Waals surface area (Å²) in [5.41, 5.74) is 2.47. The van der Waals surface area contributed by atoms with E-state index in [1.165, 1.54) is 24.3 Å². The van der Waals surface area contributed by atoms with E-state index in [9.17, 15) is 18.5 Å². The van der Waals surface area contributed by atoms with Crippen molar-refractivity contribution in [2.24, 2.45) is 0 Å². The van der Waals surface area contributed by atoms with Crippen molar-refractivity contribution in [2.45, 2.75) is 18.7 Å². The number of hydrogen-bond donors (Lipinski definition) is 1. The highest BCUT2D eigenvalue weighted by Gasteiger charge is 2.18. The zero-order valence-corrected chi connectivity index (χ0v) is 20.8. The number of aryl methyl sites for hydroxylation is 1. The van der Waals surface area contributed by atoms with Gasteiger partial charge < -0.3 is 9.50 Å². The van der Waals surface area contributed by atoms with Gasteiger partial charge in [-0.05, 0) is 83.4 Å². The summed E-state index contributed by atoms with van der Waals surface area (Å²) in [7, 11) is -4.02. The Hall–Kier alpha value is -3.12. The van der Waals surface area contributed by atoms with Crippen LogP contribution in [0.5, 0.6) is 5.75 Å². The Morgan fingerprint density at radius 3 is 2.45 bits per heavy atom. The zero-order chi connectivity index (χ0) is 24.2. The molecule has 3 aromatic carbocycles. The molecule has 0 aromatic heterocycles. The highest BCUT2D eigenvalue weighted by Crippen LogP contribution is 2.30. The smallest absolute Gasteiger partial charge is 0.339 e. The monoisotopic (exact) mass is 544 g/mol. The lowest BCUT2D eigenvalue weighted by Crippen LogP contribution is -2.14. The van der Waals surface area contributed by atoms with E-state index in [1.54, 1.807) is 49.4 Å². The summed E-state index contributed by atoms with van der Waals surface area (Å²) >= 11 is 9.36. The lowest BCUT2D eigenvalue weighted by atomic mass is 10.1. The molecule has 0 aliphatic carbocycles. The quantitative estimate of drug-likeness (QED) is 0.232. The standard InChI is InChI=1S/C24H18BrClN2O4S/c1-15-6-9-19(10-7-15)33(30,31)32-23-11-8-17(13-20(23)25)12-18(14-27)24(29)28-22-5-3-4-21(26)16(22)2/h3-13H,1-2H3,(H,28,29)/b18-12+. The second-order valence-electron chi connectivity index (χ2n) is 7.08. The van der Waals surface area contributed by atoms with Crippen LogP contribution in [0.3, 0.4) is 0 Å². The molecule has 6 nitrogen and oxygen atoms in total.